The molecule has 0 amide bonds. The zero-order valence-electron chi connectivity index (χ0n) is 15.7. The first-order chi connectivity index (χ1) is 12.1. The van der Waals surface area contributed by atoms with Gasteiger partial charge in [-0.1, -0.05) is 19.9 Å². The summed E-state index contributed by atoms with van der Waals surface area (Å²) >= 11 is 0. The molecule has 0 bridgehead atoms. The second kappa shape index (κ2) is 9.30. The quantitative estimate of drug-likeness (QED) is 0.400. The molecular formula is C19H29F2IN4. The van der Waals surface area contributed by atoms with Crippen LogP contribution in [0, 0.1) is 11.6 Å². The smallest absolute Gasteiger partial charge is 0.193 e. The molecule has 1 saturated carbocycles. The van der Waals surface area contributed by atoms with Crippen LogP contribution in [0.25, 0.3) is 0 Å². The van der Waals surface area contributed by atoms with Crippen LogP contribution in [0.4, 0.5) is 8.78 Å². The van der Waals surface area contributed by atoms with E-state index in [0.717, 1.165) is 45.0 Å². The number of rotatable bonds is 5. The Bertz CT molecular complexity index is 616. The van der Waals surface area contributed by atoms with Crippen LogP contribution < -0.4 is 5.32 Å². The molecule has 146 valence electrons. The highest BCUT2D eigenvalue weighted by Crippen LogP contribution is 2.43. The molecule has 0 aromatic heterocycles. The van der Waals surface area contributed by atoms with E-state index in [1.165, 1.54) is 18.2 Å². The predicted octanol–water partition coefficient (Wildman–Crippen LogP) is 3.43. The van der Waals surface area contributed by atoms with Crippen LogP contribution in [0.1, 0.15) is 38.2 Å². The lowest BCUT2D eigenvalue weighted by atomic mass is 10.1. The van der Waals surface area contributed by atoms with Crippen molar-refractivity contribution in [3.8, 4) is 0 Å². The Hall–Kier alpha value is -0.960. The first-order valence-corrected chi connectivity index (χ1v) is 9.25. The van der Waals surface area contributed by atoms with Crippen LogP contribution in [0.5, 0.6) is 0 Å². The van der Waals surface area contributed by atoms with E-state index < -0.39 is 11.6 Å². The molecule has 3 atom stereocenters. The molecule has 3 rings (SSSR count). The summed E-state index contributed by atoms with van der Waals surface area (Å²) in [6.45, 7) is 8.41. The summed E-state index contributed by atoms with van der Waals surface area (Å²) < 4.78 is 27.9. The average molecular weight is 478 g/mol. The van der Waals surface area contributed by atoms with Crippen molar-refractivity contribution >= 4 is 29.9 Å². The maximum Gasteiger partial charge on any atom is 0.193 e. The predicted molar refractivity (Wildman–Crippen MR) is 112 cm³/mol. The molecule has 1 saturated heterocycles. The van der Waals surface area contributed by atoms with Crippen LogP contribution in [0.3, 0.4) is 0 Å². The Morgan fingerprint density at radius 1 is 1.27 bits per heavy atom. The van der Waals surface area contributed by atoms with Crippen molar-refractivity contribution in [3.63, 3.8) is 0 Å². The minimum Gasteiger partial charge on any atom is -0.353 e. The van der Waals surface area contributed by atoms with Gasteiger partial charge in [0.15, 0.2) is 5.96 Å². The molecule has 0 spiro atoms. The molecule has 1 aliphatic heterocycles. The molecule has 1 aromatic rings. The van der Waals surface area contributed by atoms with E-state index in [1.54, 1.807) is 7.05 Å². The summed E-state index contributed by atoms with van der Waals surface area (Å²) in [5.74, 6) is -0.169. The Balaban J connectivity index is 0.00000243. The van der Waals surface area contributed by atoms with Crippen LogP contribution in [0.15, 0.2) is 23.2 Å². The van der Waals surface area contributed by atoms with Crippen molar-refractivity contribution in [1.82, 2.24) is 15.1 Å². The zero-order chi connectivity index (χ0) is 18.0. The number of likely N-dealkylation sites (N-methyl/N-ethyl adjacent to an activating group) is 1. The topological polar surface area (TPSA) is 30.9 Å². The maximum absolute atomic E-state index is 13.9. The number of hydrogen-bond donors (Lipinski definition) is 1. The van der Waals surface area contributed by atoms with Gasteiger partial charge in [0.2, 0.25) is 0 Å². The van der Waals surface area contributed by atoms with E-state index in [-0.39, 0.29) is 41.5 Å². The maximum atomic E-state index is 13.9. The van der Waals surface area contributed by atoms with Gasteiger partial charge in [0.05, 0.1) is 0 Å². The summed E-state index contributed by atoms with van der Waals surface area (Å²) in [6, 6.07) is 4.68. The lowest BCUT2D eigenvalue weighted by Gasteiger charge is -2.27. The lowest BCUT2D eigenvalue weighted by Crippen LogP contribution is -2.44. The Labute approximate surface area is 172 Å². The molecule has 26 heavy (non-hydrogen) atoms. The minimum absolute atomic E-state index is 0. The second-order valence-corrected chi connectivity index (χ2v) is 6.89. The number of likely N-dealkylation sites (tertiary alicyclic amines) is 1. The van der Waals surface area contributed by atoms with Gasteiger partial charge in [0.25, 0.3) is 0 Å². The fraction of sp³-hybridized carbons (Fsp3) is 0.632. The molecular weight excluding hydrogens is 449 g/mol. The van der Waals surface area contributed by atoms with Gasteiger partial charge in [-0.2, -0.15) is 0 Å². The summed E-state index contributed by atoms with van der Waals surface area (Å²) in [6.07, 6.45) is 1.86. The second-order valence-electron chi connectivity index (χ2n) is 6.89. The molecule has 2 fully saturated rings. The molecule has 7 heteroatoms. The van der Waals surface area contributed by atoms with Crippen LogP contribution in [-0.2, 0) is 0 Å². The van der Waals surface area contributed by atoms with Gasteiger partial charge < -0.3 is 10.2 Å². The number of nitrogens with zero attached hydrogens (tertiary/aromatic N) is 3. The van der Waals surface area contributed by atoms with Gasteiger partial charge in [-0.3, -0.25) is 9.89 Å². The van der Waals surface area contributed by atoms with Crippen molar-refractivity contribution in [1.29, 1.82) is 0 Å². The largest absolute Gasteiger partial charge is 0.353 e. The first-order valence-electron chi connectivity index (χ1n) is 9.25. The van der Waals surface area contributed by atoms with Gasteiger partial charge in [0, 0.05) is 43.7 Å². The number of guanidine groups is 1. The van der Waals surface area contributed by atoms with Crippen LogP contribution in [-0.4, -0.2) is 61.1 Å². The summed E-state index contributed by atoms with van der Waals surface area (Å²) in [4.78, 5) is 9.13. The molecule has 2 aliphatic rings. The van der Waals surface area contributed by atoms with Crippen molar-refractivity contribution in [2.24, 2.45) is 4.99 Å². The Kier molecular flexibility index (Phi) is 7.63. The van der Waals surface area contributed by atoms with Crippen LogP contribution in [0.2, 0.25) is 0 Å². The van der Waals surface area contributed by atoms with E-state index in [1.807, 2.05) is 0 Å². The Morgan fingerprint density at radius 3 is 2.50 bits per heavy atom. The highest BCUT2D eigenvalue weighted by Gasteiger charge is 2.43. The van der Waals surface area contributed by atoms with Crippen molar-refractivity contribution < 1.29 is 8.78 Å². The fourth-order valence-electron chi connectivity index (χ4n) is 3.97. The average Bonchev–Trinajstić information content (AvgIpc) is 3.17. The zero-order valence-corrected chi connectivity index (χ0v) is 18.0. The van der Waals surface area contributed by atoms with E-state index in [9.17, 15) is 8.78 Å². The molecule has 1 heterocycles. The van der Waals surface area contributed by atoms with E-state index in [0.29, 0.717) is 6.04 Å². The Morgan fingerprint density at radius 2 is 1.92 bits per heavy atom. The fourth-order valence-corrected chi connectivity index (χ4v) is 3.97. The molecule has 1 aromatic carbocycles. The monoisotopic (exact) mass is 478 g/mol. The third-order valence-electron chi connectivity index (χ3n) is 5.48. The minimum atomic E-state index is -0.452. The highest BCUT2D eigenvalue weighted by molar-refractivity contribution is 14.0. The van der Waals surface area contributed by atoms with Gasteiger partial charge >= 0.3 is 0 Å². The molecule has 3 unspecified atom stereocenters. The van der Waals surface area contributed by atoms with Crippen LogP contribution >= 0.6 is 24.0 Å². The summed E-state index contributed by atoms with van der Waals surface area (Å²) in [5.41, 5.74) is 0.206. The van der Waals surface area contributed by atoms with Gasteiger partial charge in [-0.15, -0.1) is 24.0 Å². The van der Waals surface area contributed by atoms with Gasteiger partial charge in [-0.05, 0) is 38.1 Å². The van der Waals surface area contributed by atoms with Crippen molar-refractivity contribution in [2.75, 3.05) is 33.2 Å². The number of hydrogen-bond acceptors (Lipinski definition) is 2. The molecule has 1 N–H and O–H groups in total. The lowest BCUT2D eigenvalue weighted by molar-refractivity contribution is 0.223. The van der Waals surface area contributed by atoms with E-state index in [4.69, 9.17) is 0 Å². The highest BCUT2D eigenvalue weighted by atomic mass is 127. The SMILES string of the molecule is CCN(CC)C1CCN(C(=NC)NC2CC2c2c(F)cccc2F)C1.I. The number of aliphatic imine (C=N–C) groups is 1. The number of nitrogens with one attached hydrogen (secondary N) is 1. The van der Waals surface area contributed by atoms with Gasteiger partial charge in [0.1, 0.15) is 11.6 Å². The molecule has 4 nitrogen and oxygen atoms in total. The number of halogens is 3. The molecule has 0 radical (unpaired) electrons. The summed E-state index contributed by atoms with van der Waals surface area (Å²) in [5, 5.41) is 3.41. The normalized spacial score (nSPS) is 25.4. The molecule has 1 aliphatic carbocycles. The van der Waals surface area contributed by atoms with Gasteiger partial charge in [-0.25, -0.2) is 8.78 Å². The first kappa shape index (κ1) is 21.3. The third-order valence-corrected chi connectivity index (χ3v) is 5.48. The third kappa shape index (κ3) is 4.47. The van der Waals surface area contributed by atoms with Crippen molar-refractivity contribution in [3.05, 3.63) is 35.4 Å². The summed E-state index contributed by atoms with van der Waals surface area (Å²) in [7, 11) is 1.77. The van der Waals surface area contributed by atoms with E-state index in [2.05, 4.69) is 34.0 Å². The van der Waals surface area contributed by atoms with E-state index >= 15 is 0 Å². The standard InChI is InChI=1S/C19H28F2N4.HI/c1-4-24(5-2)13-9-10-25(12-13)19(22-3)23-17-11-14(17)18-15(20)7-6-8-16(18)21;/h6-8,13-14,17H,4-5,9-12H2,1-3H3,(H,22,23);1H. The van der Waals surface area contributed by atoms with Crippen molar-refractivity contribution in [2.45, 2.75) is 44.7 Å². The number of benzene rings is 1.